The van der Waals surface area contributed by atoms with Gasteiger partial charge in [0.25, 0.3) is 0 Å². The fourth-order valence-electron chi connectivity index (χ4n) is 2.04. The normalized spacial score (nSPS) is 16.1. The molecule has 1 nitrogen and oxygen atoms in total. The molecule has 0 atom stereocenters. The van der Waals surface area contributed by atoms with Gasteiger partial charge in [-0.25, -0.2) is 0 Å². The number of rotatable bonds is 2. The third-order valence-corrected chi connectivity index (χ3v) is 2.81. The first-order valence-electron chi connectivity index (χ1n) is 5.43. The van der Waals surface area contributed by atoms with Crippen molar-refractivity contribution in [2.45, 2.75) is 39.0 Å². The van der Waals surface area contributed by atoms with Gasteiger partial charge in [0.1, 0.15) is 0 Å². The molecular formula is C13H17N. The zero-order chi connectivity index (χ0) is 9.97. The van der Waals surface area contributed by atoms with E-state index in [0.29, 0.717) is 5.92 Å². The van der Waals surface area contributed by atoms with Gasteiger partial charge in [0, 0.05) is 6.20 Å². The van der Waals surface area contributed by atoms with E-state index < -0.39 is 0 Å². The molecule has 0 radical (unpaired) electrons. The summed E-state index contributed by atoms with van der Waals surface area (Å²) in [4.78, 5) is 4.51. The molecule has 74 valence electrons. The lowest BCUT2D eigenvalue weighted by Gasteiger charge is -2.11. The quantitative estimate of drug-likeness (QED) is 0.686. The van der Waals surface area contributed by atoms with Crippen LogP contribution in [0.1, 0.15) is 50.3 Å². The van der Waals surface area contributed by atoms with Gasteiger partial charge in [0.05, 0.1) is 5.69 Å². The van der Waals surface area contributed by atoms with Crippen LogP contribution < -0.4 is 0 Å². The third-order valence-electron chi connectivity index (χ3n) is 2.81. The van der Waals surface area contributed by atoms with Gasteiger partial charge in [-0.1, -0.05) is 26.0 Å². The smallest absolute Gasteiger partial charge is 0.0692 e. The molecule has 0 aliphatic heterocycles. The summed E-state index contributed by atoms with van der Waals surface area (Å²) in [5.74, 6) is 0.570. The van der Waals surface area contributed by atoms with Crippen LogP contribution >= 0.6 is 0 Å². The van der Waals surface area contributed by atoms with E-state index in [1.165, 1.54) is 36.1 Å². The highest BCUT2D eigenvalue weighted by molar-refractivity contribution is 5.67. The van der Waals surface area contributed by atoms with Gasteiger partial charge in [0.15, 0.2) is 0 Å². The standard InChI is InChI=1S/C13H17N/c1-10(2)12-8-5-9-14-13(12)11-6-3-4-7-11/h5-6,8-10H,3-4,7H2,1-2H3. The Morgan fingerprint density at radius 2 is 2.21 bits per heavy atom. The fourth-order valence-corrected chi connectivity index (χ4v) is 2.04. The summed E-state index contributed by atoms with van der Waals surface area (Å²) in [5.41, 5.74) is 4.08. The summed E-state index contributed by atoms with van der Waals surface area (Å²) >= 11 is 0. The molecular weight excluding hydrogens is 170 g/mol. The first-order valence-corrected chi connectivity index (χ1v) is 5.43. The van der Waals surface area contributed by atoms with Crippen LogP contribution in [-0.2, 0) is 0 Å². The van der Waals surface area contributed by atoms with Crippen molar-refractivity contribution in [1.29, 1.82) is 0 Å². The topological polar surface area (TPSA) is 12.9 Å². The molecule has 1 aromatic rings. The van der Waals surface area contributed by atoms with Crippen LogP contribution in [0.25, 0.3) is 5.57 Å². The first kappa shape index (κ1) is 9.45. The summed E-state index contributed by atoms with van der Waals surface area (Å²) in [5, 5.41) is 0. The number of pyridine rings is 1. The monoisotopic (exact) mass is 187 g/mol. The molecule has 1 aliphatic carbocycles. The first-order chi connectivity index (χ1) is 6.79. The molecule has 1 aliphatic rings. The molecule has 0 bridgehead atoms. The maximum Gasteiger partial charge on any atom is 0.0692 e. The van der Waals surface area contributed by atoms with Gasteiger partial charge in [-0.15, -0.1) is 0 Å². The molecule has 2 rings (SSSR count). The Morgan fingerprint density at radius 3 is 2.86 bits per heavy atom. The molecule has 1 aromatic heterocycles. The highest BCUT2D eigenvalue weighted by atomic mass is 14.7. The number of hydrogen-bond donors (Lipinski definition) is 0. The van der Waals surface area contributed by atoms with E-state index in [4.69, 9.17) is 0 Å². The minimum atomic E-state index is 0.570. The van der Waals surface area contributed by atoms with Crippen LogP contribution in [0.2, 0.25) is 0 Å². The van der Waals surface area contributed by atoms with E-state index in [9.17, 15) is 0 Å². The number of hydrogen-bond acceptors (Lipinski definition) is 1. The van der Waals surface area contributed by atoms with E-state index in [-0.39, 0.29) is 0 Å². The summed E-state index contributed by atoms with van der Waals surface area (Å²) in [6.07, 6.45) is 7.97. The molecule has 0 saturated heterocycles. The highest BCUT2D eigenvalue weighted by Crippen LogP contribution is 2.31. The van der Waals surface area contributed by atoms with Gasteiger partial charge in [0.2, 0.25) is 0 Å². The zero-order valence-corrected chi connectivity index (χ0v) is 8.96. The summed E-state index contributed by atoms with van der Waals surface area (Å²) < 4.78 is 0. The van der Waals surface area contributed by atoms with Gasteiger partial charge in [-0.3, -0.25) is 4.98 Å². The van der Waals surface area contributed by atoms with Crippen molar-refractivity contribution in [3.63, 3.8) is 0 Å². The average molecular weight is 187 g/mol. The van der Waals surface area contributed by atoms with Gasteiger partial charge in [-0.05, 0) is 42.4 Å². The molecule has 0 fully saturated rings. The summed E-state index contributed by atoms with van der Waals surface area (Å²) in [6, 6.07) is 4.24. The molecule has 1 heterocycles. The van der Waals surface area contributed by atoms with E-state index in [2.05, 4.69) is 31.0 Å². The van der Waals surface area contributed by atoms with Crippen molar-refractivity contribution < 1.29 is 0 Å². The van der Waals surface area contributed by atoms with Gasteiger partial charge < -0.3 is 0 Å². The minimum absolute atomic E-state index is 0.570. The van der Waals surface area contributed by atoms with Crippen molar-refractivity contribution in [2.75, 3.05) is 0 Å². The minimum Gasteiger partial charge on any atom is -0.256 e. The summed E-state index contributed by atoms with van der Waals surface area (Å²) in [7, 11) is 0. The molecule has 0 saturated carbocycles. The molecule has 0 aromatic carbocycles. The average Bonchev–Trinajstić information content (AvgIpc) is 2.70. The van der Waals surface area contributed by atoms with Crippen molar-refractivity contribution in [1.82, 2.24) is 4.98 Å². The van der Waals surface area contributed by atoms with Crippen LogP contribution in [-0.4, -0.2) is 4.98 Å². The maximum absolute atomic E-state index is 4.51. The lowest BCUT2D eigenvalue weighted by Crippen LogP contribution is -1.97. The Morgan fingerprint density at radius 1 is 1.36 bits per heavy atom. The SMILES string of the molecule is CC(C)c1cccnc1C1=CCCC1. The Bertz CT molecular complexity index is 350. The molecule has 0 N–H and O–H groups in total. The Balaban J connectivity index is 2.41. The predicted octanol–water partition coefficient (Wildman–Crippen LogP) is 3.77. The fraction of sp³-hybridized carbons (Fsp3) is 0.462. The number of allylic oxidation sites excluding steroid dienone is 2. The van der Waals surface area contributed by atoms with Gasteiger partial charge in [-0.2, -0.15) is 0 Å². The lowest BCUT2D eigenvalue weighted by molar-refractivity contribution is 0.848. The number of nitrogens with zero attached hydrogens (tertiary/aromatic N) is 1. The molecule has 1 heteroatoms. The van der Waals surface area contributed by atoms with Crippen LogP contribution in [0.15, 0.2) is 24.4 Å². The van der Waals surface area contributed by atoms with E-state index in [1.807, 2.05) is 12.3 Å². The number of aromatic nitrogens is 1. The predicted molar refractivity (Wildman–Crippen MR) is 60.2 cm³/mol. The zero-order valence-electron chi connectivity index (χ0n) is 8.96. The molecule has 0 spiro atoms. The van der Waals surface area contributed by atoms with Crippen LogP contribution in [0.3, 0.4) is 0 Å². The second-order valence-electron chi connectivity index (χ2n) is 4.22. The van der Waals surface area contributed by atoms with Crippen molar-refractivity contribution >= 4 is 5.57 Å². The second kappa shape index (κ2) is 3.95. The van der Waals surface area contributed by atoms with Crippen LogP contribution in [0.5, 0.6) is 0 Å². The highest BCUT2D eigenvalue weighted by Gasteiger charge is 2.13. The van der Waals surface area contributed by atoms with Crippen molar-refractivity contribution in [3.8, 4) is 0 Å². The van der Waals surface area contributed by atoms with Crippen LogP contribution in [0.4, 0.5) is 0 Å². The summed E-state index contributed by atoms with van der Waals surface area (Å²) in [6.45, 7) is 4.46. The van der Waals surface area contributed by atoms with Gasteiger partial charge >= 0.3 is 0 Å². The maximum atomic E-state index is 4.51. The Labute approximate surface area is 85.9 Å². The second-order valence-corrected chi connectivity index (χ2v) is 4.22. The third kappa shape index (κ3) is 1.72. The van der Waals surface area contributed by atoms with Crippen molar-refractivity contribution in [3.05, 3.63) is 35.7 Å². The molecule has 0 amide bonds. The largest absolute Gasteiger partial charge is 0.256 e. The Hall–Kier alpha value is -1.11. The van der Waals surface area contributed by atoms with Crippen LogP contribution in [0, 0.1) is 0 Å². The van der Waals surface area contributed by atoms with E-state index >= 15 is 0 Å². The Kier molecular flexibility index (Phi) is 2.67. The molecule has 14 heavy (non-hydrogen) atoms. The van der Waals surface area contributed by atoms with E-state index in [0.717, 1.165) is 0 Å². The van der Waals surface area contributed by atoms with Crippen molar-refractivity contribution in [2.24, 2.45) is 0 Å². The lowest BCUT2D eigenvalue weighted by atomic mass is 9.97. The molecule has 0 unspecified atom stereocenters. The van der Waals surface area contributed by atoms with E-state index in [1.54, 1.807) is 0 Å².